The highest BCUT2D eigenvalue weighted by Gasteiger charge is 2.47. The van der Waals surface area contributed by atoms with E-state index in [0.29, 0.717) is 5.92 Å². The molecular formula is C12H24N2O2. The van der Waals surface area contributed by atoms with E-state index in [2.05, 4.69) is 11.8 Å². The van der Waals surface area contributed by atoms with Crippen molar-refractivity contribution in [3.05, 3.63) is 0 Å². The Labute approximate surface area is 98.1 Å². The van der Waals surface area contributed by atoms with E-state index in [1.807, 2.05) is 20.8 Å². The fourth-order valence-corrected chi connectivity index (χ4v) is 2.47. The maximum absolute atomic E-state index is 11.8. The van der Waals surface area contributed by atoms with Gasteiger partial charge in [0.2, 0.25) is 0 Å². The molecule has 2 N–H and O–H groups in total. The van der Waals surface area contributed by atoms with Gasteiger partial charge >= 0.3 is 5.97 Å². The van der Waals surface area contributed by atoms with E-state index in [4.69, 9.17) is 10.5 Å². The van der Waals surface area contributed by atoms with Crippen molar-refractivity contribution >= 4 is 5.97 Å². The predicted octanol–water partition coefficient (Wildman–Crippen LogP) is 0.855. The van der Waals surface area contributed by atoms with Gasteiger partial charge in [-0.25, -0.2) is 0 Å². The predicted molar refractivity (Wildman–Crippen MR) is 64.0 cm³/mol. The van der Waals surface area contributed by atoms with Crippen molar-refractivity contribution in [2.75, 3.05) is 26.7 Å². The molecule has 1 aliphatic rings. The fourth-order valence-electron chi connectivity index (χ4n) is 2.47. The van der Waals surface area contributed by atoms with Crippen LogP contribution in [0.15, 0.2) is 0 Å². The SMILES string of the molecule is COC(=O)[C@]1(C)CN(CC(C)(C)N)C[C@H]1C. The summed E-state index contributed by atoms with van der Waals surface area (Å²) in [7, 11) is 1.45. The van der Waals surface area contributed by atoms with Gasteiger partial charge in [0, 0.05) is 25.2 Å². The number of rotatable bonds is 3. The number of hydrogen-bond donors (Lipinski definition) is 1. The maximum Gasteiger partial charge on any atom is 0.313 e. The molecule has 1 saturated heterocycles. The first kappa shape index (κ1) is 13.5. The lowest BCUT2D eigenvalue weighted by molar-refractivity contribution is -0.152. The fraction of sp³-hybridized carbons (Fsp3) is 0.917. The smallest absolute Gasteiger partial charge is 0.313 e. The Hall–Kier alpha value is -0.610. The van der Waals surface area contributed by atoms with E-state index in [1.54, 1.807) is 0 Å². The summed E-state index contributed by atoms with van der Waals surface area (Å²) >= 11 is 0. The van der Waals surface area contributed by atoms with Crippen LogP contribution in [0.5, 0.6) is 0 Å². The van der Waals surface area contributed by atoms with Crippen LogP contribution in [-0.2, 0) is 9.53 Å². The molecule has 4 heteroatoms. The number of carbonyl (C=O) groups is 1. The Morgan fingerprint density at radius 1 is 1.62 bits per heavy atom. The zero-order valence-corrected chi connectivity index (χ0v) is 11.0. The molecule has 0 spiro atoms. The van der Waals surface area contributed by atoms with Crippen molar-refractivity contribution < 1.29 is 9.53 Å². The summed E-state index contributed by atoms with van der Waals surface area (Å²) in [5.41, 5.74) is 5.39. The van der Waals surface area contributed by atoms with E-state index in [1.165, 1.54) is 7.11 Å². The number of likely N-dealkylation sites (tertiary alicyclic amines) is 1. The van der Waals surface area contributed by atoms with Crippen LogP contribution in [0.3, 0.4) is 0 Å². The molecule has 0 aliphatic carbocycles. The van der Waals surface area contributed by atoms with Gasteiger partial charge in [-0.15, -0.1) is 0 Å². The molecule has 0 aromatic carbocycles. The van der Waals surface area contributed by atoms with E-state index in [-0.39, 0.29) is 16.9 Å². The number of methoxy groups -OCH3 is 1. The second-order valence-corrected chi connectivity index (χ2v) is 5.97. The van der Waals surface area contributed by atoms with Crippen molar-refractivity contribution in [2.24, 2.45) is 17.1 Å². The summed E-state index contributed by atoms with van der Waals surface area (Å²) in [4.78, 5) is 14.0. The number of esters is 1. The molecule has 0 saturated carbocycles. The van der Waals surface area contributed by atoms with Crippen LogP contribution in [-0.4, -0.2) is 43.2 Å². The summed E-state index contributed by atoms with van der Waals surface area (Å²) in [5, 5.41) is 0. The van der Waals surface area contributed by atoms with Crippen LogP contribution >= 0.6 is 0 Å². The summed E-state index contributed by atoms with van der Waals surface area (Å²) in [5.74, 6) is 0.194. The highest BCUT2D eigenvalue weighted by molar-refractivity contribution is 5.77. The molecule has 0 radical (unpaired) electrons. The van der Waals surface area contributed by atoms with Crippen LogP contribution in [0.1, 0.15) is 27.7 Å². The minimum atomic E-state index is -0.389. The number of hydrogen-bond acceptors (Lipinski definition) is 4. The van der Waals surface area contributed by atoms with Crippen LogP contribution in [0.4, 0.5) is 0 Å². The average molecular weight is 228 g/mol. The molecule has 1 heterocycles. The number of nitrogens with two attached hydrogens (primary N) is 1. The first-order chi connectivity index (χ1) is 7.19. The molecular weight excluding hydrogens is 204 g/mol. The Morgan fingerprint density at radius 2 is 2.19 bits per heavy atom. The van der Waals surface area contributed by atoms with Crippen molar-refractivity contribution in [1.82, 2.24) is 4.90 Å². The van der Waals surface area contributed by atoms with E-state index >= 15 is 0 Å². The van der Waals surface area contributed by atoms with Crippen molar-refractivity contribution in [3.8, 4) is 0 Å². The molecule has 94 valence electrons. The summed E-state index contributed by atoms with van der Waals surface area (Å²) in [6.45, 7) is 10.5. The third kappa shape index (κ3) is 2.74. The molecule has 0 aromatic heterocycles. The maximum atomic E-state index is 11.8. The Kier molecular flexibility index (Phi) is 3.65. The largest absolute Gasteiger partial charge is 0.469 e. The molecule has 4 nitrogen and oxygen atoms in total. The molecule has 0 bridgehead atoms. The van der Waals surface area contributed by atoms with Crippen molar-refractivity contribution in [2.45, 2.75) is 33.2 Å². The topological polar surface area (TPSA) is 55.6 Å². The number of ether oxygens (including phenoxy) is 1. The number of carbonyl (C=O) groups excluding carboxylic acids is 1. The molecule has 0 unspecified atom stereocenters. The molecule has 0 aromatic rings. The standard InChI is InChI=1S/C12H24N2O2/c1-9-6-14(7-11(2,3)13)8-12(9,4)10(15)16-5/h9H,6-8,13H2,1-5H3/t9-,12-/m1/s1. The quantitative estimate of drug-likeness (QED) is 0.728. The van der Waals surface area contributed by atoms with E-state index in [9.17, 15) is 4.79 Å². The van der Waals surface area contributed by atoms with Crippen LogP contribution in [0.2, 0.25) is 0 Å². The van der Waals surface area contributed by atoms with Crippen molar-refractivity contribution in [3.63, 3.8) is 0 Å². The van der Waals surface area contributed by atoms with Gasteiger partial charge in [0.15, 0.2) is 0 Å². The highest BCUT2D eigenvalue weighted by atomic mass is 16.5. The lowest BCUT2D eigenvalue weighted by Gasteiger charge is -2.28. The average Bonchev–Trinajstić information content (AvgIpc) is 2.39. The van der Waals surface area contributed by atoms with Gasteiger partial charge < -0.3 is 15.4 Å². The lowest BCUT2D eigenvalue weighted by Crippen LogP contribution is -2.45. The van der Waals surface area contributed by atoms with Gasteiger partial charge in [-0.2, -0.15) is 0 Å². The van der Waals surface area contributed by atoms with E-state index < -0.39 is 0 Å². The molecule has 1 fully saturated rings. The first-order valence-corrected chi connectivity index (χ1v) is 5.79. The summed E-state index contributed by atoms with van der Waals surface area (Å²) in [6, 6.07) is 0. The third-order valence-corrected chi connectivity index (χ3v) is 3.45. The van der Waals surface area contributed by atoms with Crippen LogP contribution < -0.4 is 5.73 Å². The van der Waals surface area contributed by atoms with Gasteiger partial charge in [-0.05, 0) is 26.7 Å². The first-order valence-electron chi connectivity index (χ1n) is 5.79. The number of nitrogens with zero attached hydrogens (tertiary/aromatic N) is 1. The Balaban J connectivity index is 2.70. The summed E-state index contributed by atoms with van der Waals surface area (Å²) < 4.78 is 4.89. The molecule has 0 amide bonds. The van der Waals surface area contributed by atoms with Gasteiger partial charge in [0.1, 0.15) is 0 Å². The van der Waals surface area contributed by atoms with Gasteiger partial charge in [-0.3, -0.25) is 4.79 Å². The second kappa shape index (κ2) is 4.34. The normalized spacial score (nSPS) is 31.8. The van der Waals surface area contributed by atoms with E-state index in [0.717, 1.165) is 19.6 Å². The van der Waals surface area contributed by atoms with Gasteiger partial charge in [0.25, 0.3) is 0 Å². The lowest BCUT2D eigenvalue weighted by atomic mass is 9.81. The Morgan fingerprint density at radius 3 is 2.62 bits per heavy atom. The zero-order valence-electron chi connectivity index (χ0n) is 11.0. The molecule has 16 heavy (non-hydrogen) atoms. The van der Waals surface area contributed by atoms with Gasteiger partial charge in [0.05, 0.1) is 12.5 Å². The third-order valence-electron chi connectivity index (χ3n) is 3.45. The zero-order chi connectivity index (χ0) is 12.6. The van der Waals surface area contributed by atoms with Crippen molar-refractivity contribution in [1.29, 1.82) is 0 Å². The Bertz CT molecular complexity index is 273. The second-order valence-electron chi connectivity index (χ2n) is 5.97. The van der Waals surface area contributed by atoms with Crippen LogP contribution in [0.25, 0.3) is 0 Å². The molecule has 2 atom stereocenters. The van der Waals surface area contributed by atoms with Crippen LogP contribution in [0, 0.1) is 11.3 Å². The monoisotopic (exact) mass is 228 g/mol. The van der Waals surface area contributed by atoms with Gasteiger partial charge in [-0.1, -0.05) is 6.92 Å². The molecule has 1 rings (SSSR count). The minimum absolute atomic E-state index is 0.114. The molecule has 1 aliphatic heterocycles. The summed E-state index contributed by atoms with van der Waals surface area (Å²) in [6.07, 6.45) is 0. The minimum Gasteiger partial charge on any atom is -0.469 e. The highest BCUT2D eigenvalue weighted by Crippen LogP contribution is 2.36.